The van der Waals surface area contributed by atoms with E-state index in [0.717, 1.165) is 0 Å². The van der Waals surface area contributed by atoms with Crippen molar-refractivity contribution in [1.82, 2.24) is 10.6 Å². The largest absolute Gasteiger partial charge is 0.405 e. The summed E-state index contributed by atoms with van der Waals surface area (Å²) in [4.78, 5) is 11.1. The van der Waals surface area contributed by atoms with Crippen LogP contribution in [-0.4, -0.2) is 51.1 Å². The Labute approximate surface area is 96.7 Å². The Bertz CT molecular complexity index is 380. The highest BCUT2D eigenvalue weighted by atomic mass is 32.2. The maximum absolute atomic E-state index is 11.8. The number of carbonyl (C=O) groups excluding carboxylic acids is 1. The van der Waals surface area contributed by atoms with E-state index in [1.807, 2.05) is 0 Å². The van der Waals surface area contributed by atoms with Gasteiger partial charge in [0.25, 0.3) is 0 Å². The van der Waals surface area contributed by atoms with Crippen LogP contribution in [0.1, 0.15) is 6.42 Å². The minimum atomic E-state index is -4.46. The smallest absolute Gasteiger partial charge is 0.347 e. The molecule has 2 N–H and O–H groups in total. The summed E-state index contributed by atoms with van der Waals surface area (Å²) in [6.45, 7) is -1.18. The van der Waals surface area contributed by atoms with Crippen molar-refractivity contribution in [2.75, 3.05) is 24.6 Å². The number of hydrogen-bond donors (Lipinski definition) is 2. The monoisotopic (exact) mass is 274 g/mol. The summed E-state index contributed by atoms with van der Waals surface area (Å²) in [6, 6.07) is -0.609. The van der Waals surface area contributed by atoms with Gasteiger partial charge in [-0.05, 0) is 0 Å². The predicted molar refractivity (Wildman–Crippen MR) is 54.1 cm³/mol. The Balaban J connectivity index is 2.36. The number of nitrogens with one attached hydrogen (secondary N) is 2. The summed E-state index contributed by atoms with van der Waals surface area (Å²) in [6.07, 6.45) is -4.73. The van der Waals surface area contributed by atoms with Gasteiger partial charge < -0.3 is 10.6 Å². The molecule has 1 unspecified atom stereocenters. The molecule has 0 aromatic heterocycles. The van der Waals surface area contributed by atoms with Crippen molar-refractivity contribution in [3.05, 3.63) is 0 Å². The van der Waals surface area contributed by atoms with Crippen molar-refractivity contribution in [3.8, 4) is 0 Å². The van der Waals surface area contributed by atoms with Crippen LogP contribution in [0.2, 0.25) is 0 Å². The van der Waals surface area contributed by atoms with Crippen LogP contribution in [0.4, 0.5) is 13.2 Å². The zero-order valence-corrected chi connectivity index (χ0v) is 9.70. The van der Waals surface area contributed by atoms with E-state index in [0.29, 0.717) is 0 Å². The van der Waals surface area contributed by atoms with E-state index >= 15 is 0 Å². The fraction of sp³-hybridized carbons (Fsp3) is 0.875. The van der Waals surface area contributed by atoms with Gasteiger partial charge in [-0.25, -0.2) is 8.42 Å². The molecule has 0 saturated carbocycles. The van der Waals surface area contributed by atoms with Gasteiger partial charge in [0.2, 0.25) is 5.91 Å². The summed E-state index contributed by atoms with van der Waals surface area (Å²) in [5.41, 5.74) is 0. The molecule has 1 saturated heterocycles. The molecule has 100 valence electrons. The van der Waals surface area contributed by atoms with Gasteiger partial charge in [0.15, 0.2) is 9.84 Å². The maximum Gasteiger partial charge on any atom is 0.405 e. The molecule has 0 spiro atoms. The molecule has 0 radical (unpaired) electrons. The molecule has 1 aliphatic heterocycles. The number of hydrogen-bond acceptors (Lipinski definition) is 4. The van der Waals surface area contributed by atoms with Crippen molar-refractivity contribution in [1.29, 1.82) is 0 Å². The Morgan fingerprint density at radius 2 is 2.06 bits per heavy atom. The molecule has 5 nitrogen and oxygen atoms in total. The van der Waals surface area contributed by atoms with Crippen LogP contribution in [0.5, 0.6) is 0 Å². The molecule has 0 aliphatic carbocycles. The Kier molecular flexibility index (Phi) is 4.36. The van der Waals surface area contributed by atoms with Gasteiger partial charge in [-0.1, -0.05) is 0 Å². The van der Waals surface area contributed by atoms with Crippen LogP contribution in [0.25, 0.3) is 0 Å². The summed E-state index contributed by atoms with van der Waals surface area (Å²) >= 11 is 0. The first-order chi connectivity index (χ1) is 7.68. The number of carbonyl (C=O) groups is 1. The third-order valence-electron chi connectivity index (χ3n) is 2.22. The van der Waals surface area contributed by atoms with Crippen molar-refractivity contribution in [3.63, 3.8) is 0 Å². The van der Waals surface area contributed by atoms with E-state index in [9.17, 15) is 26.4 Å². The Morgan fingerprint density at radius 3 is 2.59 bits per heavy atom. The quantitative estimate of drug-likeness (QED) is 0.723. The first-order valence-electron chi connectivity index (χ1n) is 4.95. The van der Waals surface area contributed by atoms with Crippen LogP contribution in [0, 0.1) is 0 Å². The third-order valence-corrected chi connectivity index (χ3v) is 3.96. The maximum atomic E-state index is 11.8. The van der Waals surface area contributed by atoms with Gasteiger partial charge in [0, 0.05) is 19.0 Å². The van der Waals surface area contributed by atoms with E-state index < -0.39 is 34.5 Å². The van der Waals surface area contributed by atoms with Gasteiger partial charge in [-0.2, -0.15) is 13.2 Å². The molecule has 1 aliphatic rings. The molecule has 1 rings (SSSR count). The van der Waals surface area contributed by atoms with Gasteiger partial charge in [-0.15, -0.1) is 0 Å². The fourth-order valence-corrected chi connectivity index (χ4v) is 2.94. The van der Waals surface area contributed by atoms with E-state index in [4.69, 9.17) is 0 Å². The highest BCUT2D eigenvalue weighted by Crippen LogP contribution is 2.12. The first-order valence-corrected chi connectivity index (χ1v) is 6.77. The minimum absolute atomic E-state index is 0.00628. The second-order valence-electron chi connectivity index (χ2n) is 3.86. The minimum Gasteiger partial charge on any atom is -0.347 e. The number of amides is 1. The van der Waals surface area contributed by atoms with Crippen molar-refractivity contribution < 1.29 is 26.4 Å². The number of rotatable bonds is 3. The van der Waals surface area contributed by atoms with Gasteiger partial charge >= 0.3 is 6.18 Å². The van der Waals surface area contributed by atoms with E-state index in [1.165, 1.54) is 0 Å². The Hall–Kier alpha value is -0.830. The van der Waals surface area contributed by atoms with Gasteiger partial charge in [-0.3, -0.25) is 4.79 Å². The van der Waals surface area contributed by atoms with Crippen LogP contribution >= 0.6 is 0 Å². The molecule has 0 bridgehead atoms. The molecule has 1 heterocycles. The average molecular weight is 274 g/mol. The molecule has 1 fully saturated rings. The lowest BCUT2D eigenvalue weighted by Crippen LogP contribution is -2.47. The number of sulfone groups is 1. The molecule has 0 aromatic carbocycles. The molecule has 0 aromatic rings. The molecule has 9 heteroatoms. The molecular formula is C8H13F3N2O3S. The lowest BCUT2D eigenvalue weighted by Gasteiger charge is -2.23. The van der Waals surface area contributed by atoms with Crippen LogP contribution in [0.15, 0.2) is 0 Å². The van der Waals surface area contributed by atoms with E-state index in [2.05, 4.69) is 5.32 Å². The number of halogens is 3. The van der Waals surface area contributed by atoms with Crippen molar-refractivity contribution in [2.24, 2.45) is 0 Å². The Morgan fingerprint density at radius 1 is 1.41 bits per heavy atom. The lowest BCUT2D eigenvalue weighted by atomic mass is 10.2. The molecular weight excluding hydrogens is 261 g/mol. The standard InChI is InChI=1S/C8H13F3N2O3S/c9-8(10,11)5-13-7(14)3-6-4-17(15,16)2-1-12-6/h6,12H,1-5H2,(H,13,14). The molecule has 1 atom stereocenters. The van der Waals surface area contributed by atoms with Gasteiger partial charge in [0.1, 0.15) is 6.54 Å². The van der Waals surface area contributed by atoms with E-state index in [-0.39, 0.29) is 24.5 Å². The zero-order chi connectivity index (χ0) is 13.1. The number of alkyl halides is 3. The van der Waals surface area contributed by atoms with E-state index in [1.54, 1.807) is 5.32 Å². The normalized spacial score (nSPS) is 24.3. The van der Waals surface area contributed by atoms with Crippen molar-refractivity contribution >= 4 is 15.7 Å². The second-order valence-corrected chi connectivity index (χ2v) is 6.09. The SMILES string of the molecule is O=C(CC1CS(=O)(=O)CCN1)NCC(F)(F)F. The first kappa shape index (κ1) is 14.2. The molecule has 1 amide bonds. The molecule has 17 heavy (non-hydrogen) atoms. The fourth-order valence-electron chi connectivity index (χ4n) is 1.49. The van der Waals surface area contributed by atoms with Crippen LogP contribution < -0.4 is 10.6 Å². The third kappa shape index (κ3) is 5.87. The highest BCUT2D eigenvalue weighted by Gasteiger charge is 2.29. The lowest BCUT2D eigenvalue weighted by molar-refractivity contribution is -0.138. The predicted octanol–water partition coefficient (Wildman–Crippen LogP) is -0.558. The van der Waals surface area contributed by atoms with Gasteiger partial charge in [0.05, 0.1) is 11.5 Å². The summed E-state index contributed by atoms with van der Waals surface area (Å²) < 4.78 is 57.8. The second kappa shape index (κ2) is 5.21. The zero-order valence-electron chi connectivity index (χ0n) is 8.88. The summed E-state index contributed by atoms with van der Waals surface area (Å²) in [7, 11) is -3.19. The van der Waals surface area contributed by atoms with Crippen LogP contribution in [0.3, 0.4) is 0 Å². The van der Waals surface area contributed by atoms with Crippen LogP contribution in [-0.2, 0) is 14.6 Å². The average Bonchev–Trinajstić information content (AvgIpc) is 2.12. The van der Waals surface area contributed by atoms with Crippen molar-refractivity contribution in [2.45, 2.75) is 18.6 Å². The summed E-state index contributed by atoms with van der Waals surface area (Å²) in [5.74, 6) is -1.03. The highest BCUT2D eigenvalue weighted by molar-refractivity contribution is 7.91. The summed E-state index contributed by atoms with van der Waals surface area (Å²) in [5, 5.41) is 4.48. The topological polar surface area (TPSA) is 75.3 Å².